The molecule has 0 saturated carbocycles. The van der Waals surface area contributed by atoms with Crippen LogP contribution in [0, 0.1) is 0 Å². The molecule has 3 aromatic rings. The van der Waals surface area contributed by atoms with Crippen molar-refractivity contribution in [2.24, 2.45) is 0 Å². The number of rotatable bonds is 5. The minimum absolute atomic E-state index is 0.0345. The van der Waals surface area contributed by atoms with Crippen LogP contribution in [0.1, 0.15) is 11.6 Å². The van der Waals surface area contributed by atoms with Gasteiger partial charge in [-0.1, -0.05) is 30.3 Å². The molecule has 5 nitrogen and oxygen atoms in total. The SMILES string of the molecule is COCC(Nc1ccc2oc(=O)[nH]c2c1)c1ccccc1. The zero-order valence-corrected chi connectivity index (χ0v) is 11.6. The number of aromatic amines is 1. The van der Waals surface area contributed by atoms with E-state index < -0.39 is 5.76 Å². The molecule has 3 rings (SSSR count). The number of methoxy groups -OCH3 is 1. The molecule has 2 N–H and O–H groups in total. The van der Waals surface area contributed by atoms with Crippen molar-refractivity contribution in [2.45, 2.75) is 6.04 Å². The van der Waals surface area contributed by atoms with Gasteiger partial charge in [0, 0.05) is 12.8 Å². The number of ether oxygens (including phenoxy) is 1. The smallest absolute Gasteiger partial charge is 0.408 e. The van der Waals surface area contributed by atoms with Crippen LogP contribution >= 0.6 is 0 Å². The Morgan fingerprint density at radius 2 is 2.05 bits per heavy atom. The van der Waals surface area contributed by atoms with E-state index in [1.807, 2.05) is 30.3 Å². The molecule has 0 saturated heterocycles. The fourth-order valence-corrected chi connectivity index (χ4v) is 2.32. The van der Waals surface area contributed by atoms with Crippen molar-refractivity contribution in [2.75, 3.05) is 19.0 Å². The van der Waals surface area contributed by atoms with Gasteiger partial charge in [0.15, 0.2) is 5.58 Å². The molecule has 0 bridgehead atoms. The number of fused-ring (bicyclic) bond motifs is 1. The lowest BCUT2D eigenvalue weighted by Gasteiger charge is -2.19. The van der Waals surface area contributed by atoms with Crippen LogP contribution in [-0.2, 0) is 4.74 Å². The molecule has 1 unspecified atom stereocenters. The van der Waals surface area contributed by atoms with E-state index in [4.69, 9.17) is 9.15 Å². The predicted octanol–water partition coefficient (Wildman–Crippen LogP) is 2.92. The molecule has 2 aromatic carbocycles. The molecule has 0 spiro atoms. The lowest BCUT2D eigenvalue weighted by molar-refractivity contribution is 0.186. The Kier molecular flexibility index (Phi) is 3.75. The number of benzene rings is 2. The van der Waals surface area contributed by atoms with E-state index in [2.05, 4.69) is 22.4 Å². The van der Waals surface area contributed by atoms with Crippen LogP contribution in [0.2, 0.25) is 0 Å². The van der Waals surface area contributed by atoms with Crippen LogP contribution in [0.3, 0.4) is 0 Å². The monoisotopic (exact) mass is 284 g/mol. The van der Waals surface area contributed by atoms with Crippen molar-refractivity contribution in [1.82, 2.24) is 4.98 Å². The van der Waals surface area contributed by atoms with Gasteiger partial charge in [0.2, 0.25) is 0 Å². The summed E-state index contributed by atoms with van der Waals surface area (Å²) < 4.78 is 10.3. The highest BCUT2D eigenvalue weighted by Gasteiger charge is 2.11. The molecule has 0 aliphatic carbocycles. The summed E-state index contributed by atoms with van der Waals surface area (Å²) in [5.74, 6) is -0.446. The molecule has 0 amide bonds. The van der Waals surface area contributed by atoms with E-state index in [-0.39, 0.29) is 6.04 Å². The summed E-state index contributed by atoms with van der Waals surface area (Å²) in [6.45, 7) is 0.546. The number of hydrogen-bond acceptors (Lipinski definition) is 4. The number of anilines is 1. The maximum absolute atomic E-state index is 11.2. The van der Waals surface area contributed by atoms with Gasteiger partial charge in [0.25, 0.3) is 0 Å². The molecule has 1 atom stereocenters. The first-order valence-corrected chi connectivity index (χ1v) is 6.69. The summed E-state index contributed by atoms with van der Waals surface area (Å²) in [6.07, 6.45) is 0. The molecule has 0 aliphatic heterocycles. The summed E-state index contributed by atoms with van der Waals surface area (Å²) in [7, 11) is 1.67. The largest absolute Gasteiger partial charge is 0.417 e. The number of hydrogen-bond donors (Lipinski definition) is 2. The van der Waals surface area contributed by atoms with Crippen LogP contribution in [0.25, 0.3) is 11.1 Å². The van der Waals surface area contributed by atoms with Crippen molar-refractivity contribution < 1.29 is 9.15 Å². The van der Waals surface area contributed by atoms with Crippen molar-refractivity contribution in [3.8, 4) is 0 Å². The molecule has 0 fully saturated rings. The van der Waals surface area contributed by atoms with Crippen LogP contribution < -0.4 is 11.1 Å². The number of aromatic nitrogens is 1. The maximum atomic E-state index is 11.2. The minimum atomic E-state index is -0.446. The Morgan fingerprint density at radius 1 is 1.24 bits per heavy atom. The van der Waals surface area contributed by atoms with Crippen molar-refractivity contribution in [1.29, 1.82) is 0 Å². The first-order valence-electron chi connectivity index (χ1n) is 6.69. The highest BCUT2D eigenvalue weighted by atomic mass is 16.5. The molecule has 108 valence electrons. The highest BCUT2D eigenvalue weighted by molar-refractivity contribution is 5.76. The van der Waals surface area contributed by atoms with Crippen LogP contribution in [0.15, 0.2) is 57.7 Å². The van der Waals surface area contributed by atoms with Crippen LogP contribution in [0.5, 0.6) is 0 Å². The molecule has 0 aliphatic rings. The van der Waals surface area contributed by atoms with E-state index in [0.717, 1.165) is 11.3 Å². The Morgan fingerprint density at radius 3 is 2.81 bits per heavy atom. The van der Waals surface area contributed by atoms with Gasteiger partial charge in [-0.15, -0.1) is 0 Å². The maximum Gasteiger partial charge on any atom is 0.417 e. The molecule has 0 radical (unpaired) electrons. The van der Waals surface area contributed by atoms with Crippen LogP contribution in [-0.4, -0.2) is 18.7 Å². The van der Waals surface area contributed by atoms with Gasteiger partial charge in [-0.2, -0.15) is 0 Å². The van der Waals surface area contributed by atoms with Gasteiger partial charge in [-0.3, -0.25) is 4.98 Å². The number of nitrogens with one attached hydrogen (secondary N) is 2. The zero-order valence-electron chi connectivity index (χ0n) is 11.6. The highest BCUT2D eigenvalue weighted by Crippen LogP contribution is 2.22. The molecule has 5 heteroatoms. The van der Waals surface area contributed by atoms with E-state index >= 15 is 0 Å². The molecular weight excluding hydrogens is 268 g/mol. The zero-order chi connectivity index (χ0) is 14.7. The first kappa shape index (κ1) is 13.5. The van der Waals surface area contributed by atoms with Gasteiger partial charge in [0.1, 0.15) is 0 Å². The fourth-order valence-electron chi connectivity index (χ4n) is 2.32. The topological polar surface area (TPSA) is 67.3 Å². The Hall–Kier alpha value is -2.53. The normalized spacial score (nSPS) is 12.4. The van der Waals surface area contributed by atoms with Gasteiger partial charge >= 0.3 is 5.76 Å². The van der Waals surface area contributed by atoms with E-state index in [9.17, 15) is 4.79 Å². The van der Waals surface area contributed by atoms with Gasteiger partial charge < -0.3 is 14.5 Å². The molecule has 21 heavy (non-hydrogen) atoms. The summed E-state index contributed by atoms with van der Waals surface area (Å²) in [6, 6.07) is 15.6. The summed E-state index contributed by atoms with van der Waals surface area (Å²) in [4.78, 5) is 13.8. The average molecular weight is 284 g/mol. The first-order chi connectivity index (χ1) is 10.3. The van der Waals surface area contributed by atoms with E-state index in [1.54, 1.807) is 13.2 Å². The number of H-pyrrole nitrogens is 1. The van der Waals surface area contributed by atoms with Crippen LogP contribution in [0.4, 0.5) is 5.69 Å². The third-order valence-corrected chi connectivity index (χ3v) is 3.30. The third-order valence-electron chi connectivity index (χ3n) is 3.30. The third kappa shape index (κ3) is 2.98. The Balaban J connectivity index is 1.88. The van der Waals surface area contributed by atoms with Gasteiger partial charge in [-0.05, 0) is 23.8 Å². The summed E-state index contributed by atoms with van der Waals surface area (Å²) >= 11 is 0. The Bertz CT molecular complexity index is 777. The number of oxazole rings is 1. The van der Waals surface area contributed by atoms with Crippen molar-refractivity contribution >= 4 is 16.8 Å². The minimum Gasteiger partial charge on any atom is -0.408 e. The average Bonchev–Trinajstić information content (AvgIpc) is 2.87. The fraction of sp³-hybridized carbons (Fsp3) is 0.188. The summed E-state index contributed by atoms with van der Waals surface area (Å²) in [5.41, 5.74) is 3.26. The molecular formula is C16H16N2O3. The lowest BCUT2D eigenvalue weighted by Crippen LogP contribution is -2.16. The predicted molar refractivity (Wildman–Crippen MR) is 81.5 cm³/mol. The second-order valence-electron chi connectivity index (χ2n) is 4.79. The van der Waals surface area contributed by atoms with E-state index in [0.29, 0.717) is 17.7 Å². The van der Waals surface area contributed by atoms with Gasteiger partial charge in [0.05, 0.1) is 18.2 Å². The van der Waals surface area contributed by atoms with Crippen molar-refractivity contribution in [3.63, 3.8) is 0 Å². The van der Waals surface area contributed by atoms with Crippen molar-refractivity contribution in [3.05, 3.63) is 64.6 Å². The van der Waals surface area contributed by atoms with E-state index in [1.165, 1.54) is 0 Å². The summed E-state index contributed by atoms with van der Waals surface area (Å²) in [5, 5.41) is 3.41. The quantitative estimate of drug-likeness (QED) is 0.756. The standard InChI is InChI=1S/C16H16N2O3/c1-20-10-14(11-5-3-2-4-6-11)17-12-7-8-15-13(9-12)18-16(19)21-15/h2-9,14,17H,10H2,1H3,(H,18,19). The lowest BCUT2D eigenvalue weighted by atomic mass is 10.1. The molecule has 1 aromatic heterocycles. The molecule has 1 heterocycles. The second kappa shape index (κ2) is 5.85. The second-order valence-corrected chi connectivity index (χ2v) is 4.79. The Labute approximate surface area is 121 Å². The van der Waals surface area contributed by atoms with Gasteiger partial charge in [-0.25, -0.2) is 4.79 Å².